The van der Waals surface area contributed by atoms with Crippen LogP contribution in [0, 0.1) is 20.8 Å². The van der Waals surface area contributed by atoms with Gasteiger partial charge < -0.3 is 5.32 Å². The van der Waals surface area contributed by atoms with Crippen LogP contribution >= 0.6 is 0 Å². The summed E-state index contributed by atoms with van der Waals surface area (Å²) in [5.41, 5.74) is 5.55. The Morgan fingerprint density at radius 3 is 2.40 bits per heavy atom. The molecule has 2 heterocycles. The topological polar surface area (TPSA) is 55.6 Å². The van der Waals surface area contributed by atoms with Crippen LogP contribution in [-0.2, 0) is 0 Å². The highest BCUT2D eigenvalue weighted by Gasteiger charge is 2.13. The molecular formula is C15H17N5. The number of nitrogens with one attached hydrogen (secondary N) is 1. The van der Waals surface area contributed by atoms with E-state index in [1.165, 1.54) is 16.7 Å². The maximum Gasteiger partial charge on any atom is 0.168 e. The van der Waals surface area contributed by atoms with Crippen molar-refractivity contribution < 1.29 is 0 Å². The molecule has 0 radical (unpaired) electrons. The number of hydrogen-bond acceptors (Lipinski definition) is 4. The van der Waals surface area contributed by atoms with Crippen LogP contribution in [0.3, 0.4) is 0 Å². The van der Waals surface area contributed by atoms with E-state index in [4.69, 9.17) is 0 Å². The Morgan fingerprint density at radius 2 is 1.75 bits per heavy atom. The number of fused-ring (bicyclic) bond motifs is 1. The molecule has 1 N–H and O–H groups in total. The van der Waals surface area contributed by atoms with Gasteiger partial charge in [0.05, 0.1) is 17.3 Å². The van der Waals surface area contributed by atoms with Crippen LogP contribution < -0.4 is 5.32 Å². The van der Waals surface area contributed by atoms with Gasteiger partial charge in [0.2, 0.25) is 0 Å². The maximum absolute atomic E-state index is 4.50. The Balaban J connectivity index is 2.31. The van der Waals surface area contributed by atoms with E-state index in [1.807, 2.05) is 11.7 Å². The van der Waals surface area contributed by atoms with E-state index in [9.17, 15) is 0 Å². The van der Waals surface area contributed by atoms with Crippen LogP contribution in [0.15, 0.2) is 24.7 Å². The predicted octanol–water partition coefficient (Wildman–Crippen LogP) is 2.78. The second kappa shape index (κ2) is 4.59. The first kappa shape index (κ1) is 12.6. The van der Waals surface area contributed by atoms with Gasteiger partial charge in [0.15, 0.2) is 5.65 Å². The number of nitrogens with zero attached hydrogens (tertiary/aromatic N) is 4. The summed E-state index contributed by atoms with van der Waals surface area (Å²) in [4.78, 5) is 8.60. The molecule has 0 atom stereocenters. The van der Waals surface area contributed by atoms with E-state index in [0.29, 0.717) is 0 Å². The van der Waals surface area contributed by atoms with E-state index >= 15 is 0 Å². The van der Waals surface area contributed by atoms with Gasteiger partial charge in [-0.05, 0) is 31.9 Å². The fourth-order valence-electron chi connectivity index (χ4n) is 2.71. The maximum atomic E-state index is 4.50. The summed E-state index contributed by atoms with van der Waals surface area (Å²) in [6.07, 6.45) is 3.37. The highest BCUT2D eigenvalue weighted by molar-refractivity contribution is 5.87. The summed E-state index contributed by atoms with van der Waals surface area (Å²) in [6, 6.07) is 4.33. The van der Waals surface area contributed by atoms with Gasteiger partial charge in [-0.3, -0.25) is 0 Å². The van der Waals surface area contributed by atoms with E-state index in [0.717, 1.165) is 22.5 Å². The summed E-state index contributed by atoms with van der Waals surface area (Å²) >= 11 is 0. The van der Waals surface area contributed by atoms with Crippen LogP contribution in [0.2, 0.25) is 0 Å². The van der Waals surface area contributed by atoms with Crippen LogP contribution in [0.1, 0.15) is 16.7 Å². The molecule has 3 aromatic rings. The zero-order valence-electron chi connectivity index (χ0n) is 12.1. The normalized spacial score (nSPS) is 11.0. The third-order valence-electron chi connectivity index (χ3n) is 3.45. The molecule has 2 aromatic heterocycles. The number of aryl methyl sites for hydroxylation is 3. The monoisotopic (exact) mass is 267 g/mol. The predicted molar refractivity (Wildman–Crippen MR) is 80.4 cm³/mol. The second-order valence-electron chi connectivity index (χ2n) is 5.01. The number of anilines is 1. The van der Waals surface area contributed by atoms with E-state index in [1.54, 1.807) is 12.5 Å². The van der Waals surface area contributed by atoms with Crippen LogP contribution in [0.25, 0.3) is 16.7 Å². The van der Waals surface area contributed by atoms with Crippen molar-refractivity contribution in [3.05, 3.63) is 41.3 Å². The molecule has 0 bridgehead atoms. The van der Waals surface area contributed by atoms with Gasteiger partial charge in [0, 0.05) is 7.05 Å². The molecule has 0 saturated heterocycles. The Bertz CT molecular complexity index is 765. The van der Waals surface area contributed by atoms with Crippen molar-refractivity contribution in [2.24, 2.45) is 0 Å². The van der Waals surface area contributed by atoms with Gasteiger partial charge in [0.1, 0.15) is 12.1 Å². The largest absolute Gasteiger partial charge is 0.372 e. The quantitative estimate of drug-likeness (QED) is 0.775. The molecule has 0 saturated carbocycles. The lowest BCUT2D eigenvalue weighted by Crippen LogP contribution is -2.04. The van der Waals surface area contributed by atoms with Gasteiger partial charge in [-0.1, -0.05) is 17.7 Å². The third-order valence-corrected chi connectivity index (χ3v) is 3.45. The van der Waals surface area contributed by atoms with Crippen molar-refractivity contribution in [1.82, 2.24) is 19.7 Å². The molecule has 3 rings (SSSR count). The lowest BCUT2D eigenvalue weighted by Gasteiger charge is -2.12. The molecule has 20 heavy (non-hydrogen) atoms. The highest BCUT2D eigenvalue weighted by atomic mass is 15.3. The van der Waals surface area contributed by atoms with Gasteiger partial charge in [-0.25, -0.2) is 14.6 Å². The second-order valence-corrected chi connectivity index (χ2v) is 5.01. The minimum atomic E-state index is 0.795. The molecular weight excluding hydrogens is 250 g/mol. The number of benzene rings is 1. The average molecular weight is 267 g/mol. The number of aromatic nitrogens is 4. The van der Waals surface area contributed by atoms with Crippen molar-refractivity contribution in [2.75, 3.05) is 12.4 Å². The van der Waals surface area contributed by atoms with Crippen molar-refractivity contribution in [3.8, 4) is 5.69 Å². The molecule has 0 aliphatic heterocycles. The molecule has 5 nitrogen and oxygen atoms in total. The standard InChI is InChI=1S/C15H17N5/c1-9-5-10(2)13(11(3)6-9)20-15-12(7-19-20)14(16-4)17-8-18-15/h5-8H,1-4H3,(H,16,17,18). The first-order valence-electron chi connectivity index (χ1n) is 6.56. The van der Waals surface area contributed by atoms with Crippen LogP contribution in [0.4, 0.5) is 5.82 Å². The minimum Gasteiger partial charge on any atom is -0.372 e. The van der Waals surface area contributed by atoms with Gasteiger partial charge in [0.25, 0.3) is 0 Å². The summed E-state index contributed by atoms with van der Waals surface area (Å²) < 4.78 is 1.89. The molecule has 0 aliphatic rings. The summed E-state index contributed by atoms with van der Waals surface area (Å²) in [5, 5.41) is 8.49. The summed E-state index contributed by atoms with van der Waals surface area (Å²) in [6.45, 7) is 6.30. The van der Waals surface area contributed by atoms with Gasteiger partial charge in [-0.2, -0.15) is 5.10 Å². The zero-order chi connectivity index (χ0) is 14.3. The van der Waals surface area contributed by atoms with Crippen LogP contribution in [0.5, 0.6) is 0 Å². The lowest BCUT2D eigenvalue weighted by molar-refractivity contribution is 0.878. The van der Waals surface area contributed by atoms with Crippen molar-refractivity contribution in [3.63, 3.8) is 0 Å². The Hall–Kier alpha value is -2.43. The van der Waals surface area contributed by atoms with Crippen LogP contribution in [-0.4, -0.2) is 26.8 Å². The minimum absolute atomic E-state index is 0.795. The Labute approximate surface area is 117 Å². The first-order chi connectivity index (χ1) is 9.61. The van der Waals surface area contributed by atoms with E-state index < -0.39 is 0 Å². The summed E-state index contributed by atoms with van der Waals surface area (Å²) in [5.74, 6) is 0.795. The molecule has 102 valence electrons. The first-order valence-corrected chi connectivity index (χ1v) is 6.56. The molecule has 0 fully saturated rings. The lowest BCUT2D eigenvalue weighted by atomic mass is 10.1. The van der Waals surface area contributed by atoms with Crippen molar-refractivity contribution in [2.45, 2.75) is 20.8 Å². The molecule has 5 heteroatoms. The average Bonchev–Trinajstić information content (AvgIpc) is 2.81. The number of hydrogen-bond donors (Lipinski definition) is 1. The molecule has 0 aliphatic carbocycles. The smallest absolute Gasteiger partial charge is 0.168 e. The van der Waals surface area contributed by atoms with E-state index in [2.05, 4.69) is 53.3 Å². The van der Waals surface area contributed by atoms with Crippen molar-refractivity contribution in [1.29, 1.82) is 0 Å². The molecule has 0 spiro atoms. The summed E-state index contributed by atoms with van der Waals surface area (Å²) in [7, 11) is 1.85. The SMILES string of the molecule is CNc1ncnc2c1cnn2-c1c(C)cc(C)cc1C. The van der Waals surface area contributed by atoms with E-state index in [-0.39, 0.29) is 0 Å². The van der Waals surface area contributed by atoms with Gasteiger partial charge >= 0.3 is 0 Å². The highest BCUT2D eigenvalue weighted by Crippen LogP contribution is 2.25. The third kappa shape index (κ3) is 1.82. The molecule has 0 unspecified atom stereocenters. The number of rotatable bonds is 2. The fraction of sp³-hybridized carbons (Fsp3) is 0.267. The zero-order valence-corrected chi connectivity index (χ0v) is 12.1. The Kier molecular flexibility index (Phi) is 2.89. The molecule has 0 amide bonds. The fourth-order valence-corrected chi connectivity index (χ4v) is 2.71. The molecule has 1 aromatic carbocycles. The Morgan fingerprint density at radius 1 is 1.05 bits per heavy atom. The van der Waals surface area contributed by atoms with Crippen molar-refractivity contribution >= 4 is 16.9 Å². The van der Waals surface area contributed by atoms with Gasteiger partial charge in [-0.15, -0.1) is 0 Å².